The summed E-state index contributed by atoms with van der Waals surface area (Å²) in [5, 5.41) is 23.5. The molecule has 1 aliphatic heterocycles. The van der Waals surface area contributed by atoms with Gasteiger partial charge in [-0.2, -0.15) is 0 Å². The number of rotatable bonds is 5. The second kappa shape index (κ2) is 7.25. The number of ether oxygens (including phenoxy) is 1. The van der Waals surface area contributed by atoms with Crippen LogP contribution in [0.3, 0.4) is 0 Å². The monoisotopic (exact) mass is 352 g/mol. The third-order valence-corrected chi connectivity index (χ3v) is 5.01. The lowest BCUT2D eigenvalue weighted by Crippen LogP contribution is -2.46. The Balaban J connectivity index is 1.86. The number of nitrogens with zero attached hydrogens (tertiary/aromatic N) is 2. The highest BCUT2D eigenvalue weighted by Gasteiger charge is 2.31. The van der Waals surface area contributed by atoms with Crippen LogP contribution in [0.15, 0.2) is 35.7 Å². The number of hydrogen-bond donors (Lipinski definition) is 1. The molecule has 0 radical (unpaired) electrons. The van der Waals surface area contributed by atoms with Crippen LogP contribution < -0.4 is 4.90 Å². The quantitative estimate of drug-likeness (QED) is 0.661. The van der Waals surface area contributed by atoms with Gasteiger partial charge >= 0.3 is 0 Å². The molecule has 2 unspecified atom stereocenters. The fourth-order valence-electron chi connectivity index (χ4n) is 2.91. The molecule has 0 spiro atoms. The minimum atomic E-state index is -0.668. The zero-order valence-corrected chi connectivity index (χ0v) is 13.6. The van der Waals surface area contributed by atoms with Gasteiger partial charge in [-0.1, -0.05) is 6.07 Å². The highest BCUT2D eigenvalue weighted by atomic mass is 32.1. The van der Waals surface area contributed by atoms with Gasteiger partial charge in [0, 0.05) is 17.8 Å². The number of anilines is 1. The van der Waals surface area contributed by atoms with Gasteiger partial charge in [0.25, 0.3) is 5.69 Å². The van der Waals surface area contributed by atoms with Crippen molar-refractivity contribution in [3.63, 3.8) is 0 Å². The number of morpholine rings is 1. The first-order valence-corrected chi connectivity index (χ1v) is 8.44. The normalized spacial score (nSPS) is 19.2. The average molecular weight is 352 g/mol. The topological polar surface area (TPSA) is 75.8 Å². The van der Waals surface area contributed by atoms with E-state index >= 15 is 0 Å². The van der Waals surface area contributed by atoms with Crippen molar-refractivity contribution in [3.8, 4) is 0 Å². The maximum Gasteiger partial charge on any atom is 0.295 e. The van der Waals surface area contributed by atoms with E-state index in [2.05, 4.69) is 0 Å². The molecule has 3 rings (SSSR count). The van der Waals surface area contributed by atoms with Crippen molar-refractivity contribution in [2.75, 3.05) is 24.7 Å². The summed E-state index contributed by atoms with van der Waals surface area (Å²) in [5.41, 5.74) is 0.0839. The van der Waals surface area contributed by atoms with Gasteiger partial charge in [0.2, 0.25) is 0 Å². The number of halogens is 1. The molecule has 2 atom stereocenters. The Kier molecular flexibility index (Phi) is 5.08. The molecule has 0 aliphatic carbocycles. The molecule has 1 saturated heterocycles. The number of aliphatic hydroxyl groups excluding tert-OH is 1. The van der Waals surface area contributed by atoms with Gasteiger partial charge in [0.15, 0.2) is 0 Å². The molecule has 128 valence electrons. The predicted octanol–water partition coefficient (Wildman–Crippen LogP) is 3.12. The van der Waals surface area contributed by atoms with Crippen LogP contribution in [0.2, 0.25) is 0 Å². The minimum Gasteiger partial charge on any atom is -0.387 e. The summed E-state index contributed by atoms with van der Waals surface area (Å²) in [5.74, 6) is -0.645. The lowest BCUT2D eigenvalue weighted by atomic mass is 10.0. The smallest absolute Gasteiger partial charge is 0.295 e. The van der Waals surface area contributed by atoms with E-state index in [-0.39, 0.29) is 11.7 Å². The number of thiophene rings is 1. The molecule has 2 aromatic rings. The van der Waals surface area contributed by atoms with Crippen LogP contribution in [0.4, 0.5) is 15.8 Å². The highest BCUT2D eigenvalue weighted by molar-refractivity contribution is 7.10. The molecule has 0 saturated carbocycles. The van der Waals surface area contributed by atoms with Gasteiger partial charge in [-0.05, 0) is 23.6 Å². The molecule has 6 nitrogen and oxygen atoms in total. The summed E-state index contributed by atoms with van der Waals surface area (Å²) in [6.45, 7) is 1.24. The van der Waals surface area contributed by atoms with Crippen molar-refractivity contribution in [2.45, 2.75) is 18.6 Å². The van der Waals surface area contributed by atoms with Crippen molar-refractivity contribution < 1.29 is 19.2 Å². The second-order valence-corrected chi connectivity index (χ2v) is 6.56. The molecule has 0 amide bonds. The molecule has 1 fully saturated rings. The fraction of sp³-hybridized carbons (Fsp3) is 0.375. The van der Waals surface area contributed by atoms with E-state index in [1.165, 1.54) is 23.5 Å². The zero-order valence-electron chi connectivity index (χ0n) is 12.8. The van der Waals surface area contributed by atoms with Gasteiger partial charge in [0.1, 0.15) is 11.5 Å². The maximum atomic E-state index is 13.4. The first-order valence-electron chi connectivity index (χ1n) is 7.56. The van der Waals surface area contributed by atoms with Crippen LogP contribution in [-0.4, -0.2) is 35.8 Å². The Bertz CT molecular complexity index is 710. The van der Waals surface area contributed by atoms with Gasteiger partial charge in [0.05, 0.1) is 36.3 Å². The van der Waals surface area contributed by atoms with Crippen LogP contribution in [0.5, 0.6) is 0 Å². The van der Waals surface area contributed by atoms with Crippen molar-refractivity contribution in [1.82, 2.24) is 0 Å². The Morgan fingerprint density at radius 1 is 1.50 bits per heavy atom. The molecule has 1 N–H and O–H groups in total. The van der Waals surface area contributed by atoms with Crippen LogP contribution in [0.1, 0.15) is 17.4 Å². The fourth-order valence-corrected chi connectivity index (χ4v) is 3.63. The zero-order chi connectivity index (χ0) is 17.1. The molecule has 8 heteroatoms. The number of benzene rings is 1. The highest BCUT2D eigenvalue weighted by Crippen LogP contribution is 2.34. The first kappa shape index (κ1) is 16.8. The van der Waals surface area contributed by atoms with E-state index in [0.29, 0.717) is 31.9 Å². The first-order chi connectivity index (χ1) is 11.6. The number of nitro benzene ring substituents is 1. The lowest BCUT2D eigenvalue weighted by molar-refractivity contribution is -0.384. The summed E-state index contributed by atoms with van der Waals surface area (Å²) in [6, 6.07) is 7.05. The van der Waals surface area contributed by atoms with Gasteiger partial charge < -0.3 is 14.7 Å². The van der Waals surface area contributed by atoms with Gasteiger partial charge in [-0.3, -0.25) is 10.1 Å². The average Bonchev–Trinajstić information content (AvgIpc) is 3.10. The van der Waals surface area contributed by atoms with E-state index in [1.807, 2.05) is 22.4 Å². The second-order valence-electron chi connectivity index (χ2n) is 5.58. The van der Waals surface area contributed by atoms with Gasteiger partial charge in [-0.25, -0.2) is 4.39 Å². The molecular weight excluding hydrogens is 335 g/mol. The largest absolute Gasteiger partial charge is 0.387 e. The third-order valence-electron chi connectivity index (χ3n) is 4.04. The molecule has 2 heterocycles. The predicted molar refractivity (Wildman–Crippen MR) is 88.9 cm³/mol. The van der Waals surface area contributed by atoms with Crippen molar-refractivity contribution in [3.05, 3.63) is 56.5 Å². The summed E-state index contributed by atoms with van der Waals surface area (Å²) in [4.78, 5) is 13.4. The van der Waals surface area contributed by atoms with E-state index in [0.717, 1.165) is 10.9 Å². The van der Waals surface area contributed by atoms with Crippen LogP contribution in [0.25, 0.3) is 0 Å². The minimum absolute atomic E-state index is 0.222. The number of aliphatic hydroxyl groups is 1. The Morgan fingerprint density at radius 3 is 3.04 bits per heavy atom. The van der Waals surface area contributed by atoms with E-state index in [9.17, 15) is 19.6 Å². The van der Waals surface area contributed by atoms with Crippen LogP contribution in [-0.2, 0) is 4.74 Å². The van der Waals surface area contributed by atoms with E-state index in [1.54, 1.807) is 0 Å². The summed E-state index contributed by atoms with van der Waals surface area (Å²) < 4.78 is 18.9. The Hall–Kier alpha value is -2.03. The van der Waals surface area contributed by atoms with Crippen molar-refractivity contribution in [2.24, 2.45) is 0 Å². The molecule has 24 heavy (non-hydrogen) atoms. The number of nitro groups is 1. The van der Waals surface area contributed by atoms with Crippen LogP contribution >= 0.6 is 11.3 Å². The Labute approximate surface area is 142 Å². The molecule has 1 aromatic heterocycles. The van der Waals surface area contributed by atoms with Crippen LogP contribution in [0, 0.1) is 15.9 Å². The van der Waals surface area contributed by atoms with Crippen molar-refractivity contribution in [1.29, 1.82) is 0 Å². The van der Waals surface area contributed by atoms with E-state index in [4.69, 9.17) is 4.74 Å². The number of hydrogen-bond acceptors (Lipinski definition) is 6. The summed E-state index contributed by atoms with van der Waals surface area (Å²) in [7, 11) is 0. The molecular formula is C16H17FN2O4S. The lowest BCUT2D eigenvalue weighted by Gasteiger charge is -2.37. The molecule has 1 aromatic carbocycles. The summed E-state index contributed by atoms with van der Waals surface area (Å²) >= 11 is 1.46. The van der Waals surface area contributed by atoms with Gasteiger partial charge in [-0.15, -0.1) is 11.3 Å². The summed E-state index contributed by atoms with van der Waals surface area (Å²) in [6.07, 6.45) is -0.284. The maximum absolute atomic E-state index is 13.4. The SMILES string of the molecule is O=[N+]([O-])c1cc(F)ccc1N1CCOCC1CC(O)c1cccs1. The molecule has 1 aliphatic rings. The third kappa shape index (κ3) is 3.55. The molecule has 0 bridgehead atoms. The van der Waals surface area contributed by atoms with Crippen molar-refractivity contribution >= 4 is 22.7 Å². The standard InChI is InChI=1S/C16H17FN2O4S/c17-11-3-4-13(14(8-11)19(21)22)18-5-6-23-10-12(18)9-15(20)16-2-1-7-24-16/h1-4,7-8,12,15,20H,5-6,9-10H2. The van der Waals surface area contributed by atoms with E-state index < -0.39 is 16.8 Å². The Morgan fingerprint density at radius 2 is 2.33 bits per heavy atom.